The van der Waals surface area contributed by atoms with Crippen molar-refractivity contribution in [3.05, 3.63) is 51.3 Å². The van der Waals surface area contributed by atoms with Crippen molar-refractivity contribution in [3.8, 4) is 0 Å². The molecule has 0 unspecified atom stereocenters. The highest BCUT2D eigenvalue weighted by atomic mass is 32.2. The zero-order valence-electron chi connectivity index (χ0n) is 14.1. The van der Waals surface area contributed by atoms with Gasteiger partial charge in [0.25, 0.3) is 5.91 Å². The summed E-state index contributed by atoms with van der Waals surface area (Å²) in [6, 6.07) is 7.99. The Kier molecular flexibility index (Phi) is 5.61. The Morgan fingerprint density at radius 3 is 2.58 bits per heavy atom. The smallest absolute Gasteiger partial charge is 0.322 e. The summed E-state index contributed by atoms with van der Waals surface area (Å²) in [7, 11) is 1.53. The number of amides is 1. The monoisotopic (exact) mass is 348 g/mol. The molecule has 1 amide bonds. The number of hydrogen-bond acceptors (Lipinski definition) is 5. The van der Waals surface area contributed by atoms with Gasteiger partial charge in [-0.15, -0.1) is 11.8 Å². The van der Waals surface area contributed by atoms with Crippen LogP contribution < -0.4 is 5.32 Å². The standard InChI is InChI=1S/C16H20N4O3S/c1-10-5-7-13(8-6-10)24-9-11(2)17-16(21)15-14(20(22)23)12(3)18-19(15)4/h5-8,11H,9H2,1-4H3,(H,17,21)/t11-/m1/s1. The lowest BCUT2D eigenvalue weighted by molar-refractivity contribution is -0.385. The third-order valence-corrected chi connectivity index (χ3v) is 4.76. The van der Waals surface area contributed by atoms with Crippen molar-refractivity contribution >= 4 is 23.4 Å². The summed E-state index contributed by atoms with van der Waals surface area (Å²) in [6.45, 7) is 5.42. The van der Waals surface area contributed by atoms with E-state index in [1.807, 2.05) is 38.1 Å². The molecular formula is C16H20N4O3S. The van der Waals surface area contributed by atoms with Gasteiger partial charge in [-0.2, -0.15) is 5.10 Å². The summed E-state index contributed by atoms with van der Waals surface area (Å²) in [5, 5.41) is 17.9. The minimum Gasteiger partial charge on any atom is -0.347 e. The van der Waals surface area contributed by atoms with Crippen molar-refractivity contribution in [1.82, 2.24) is 15.1 Å². The summed E-state index contributed by atoms with van der Waals surface area (Å²) < 4.78 is 1.25. The maximum atomic E-state index is 12.4. The number of nitro groups is 1. The van der Waals surface area contributed by atoms with Crippen molar-refractivity contribution in [1.29, 1.82) is 0 Å². The second kappa shape index (κ2) is 7.48. The van der Waals surface area contributed by atoms with Crippen LogP contribution in [-0.4, -0.2) is 32.4 Å². The van der Waals surface area contributed by atoms with Crippen LogP contribution in [-0.2, 0) is 7.05 Å². The van der Waals surface area contributed by atoms with Crippen LogP contribution in [0.5, 0.6) is 0 Å². The lowest BCUT2D eigenvalue weighted by Gasteiger charge is -2.13. The third-order valence-electron chi connectivity index (χ3n) is 3.49. The predicted octanol–water partition coefficient (Wildman–Crippen LogP) is 2.86. The first kappa shape index (κ1) is 18.0. The molecule has 0 bridgehead atoms. The van der Waals surface area contributed by atoms with Crippen LogP contribution >= 0.6 is 11.8 Å². The van der Waals surface area contributed by atoms with Gasteiger partial charge in [0.15, 0.2) is 0 Å². The van der Waals surface area contributed by atoms with Gasteiger partial charge in [0.2, 0.25) is 5.69 Å². The molecule has 1 atom stereocenters. The quantitative estimate of drug-likeness (QED) is 0.492. The van der Waals surface area contributed by atoms with Crippen LogP contribution in [0.2, 0.25) is 0 Å². The number of hydrogen-bond donors (Lipinski definition) is 1. The Morgan fingerprint density at radius 2 is 2.00 bits per heavy atom. The normalized spacial score (nSPS) is 12.0. The maximum Gasteiger partial charge on any atom is 0.322 e. The number of rotatable bonds is 6. The summed E-state index contributed by atoms with van der Waals surface area (Å²) in [4.78, 5) is 24.1. The van der Waals surface area contributed by atoms with E-state index in [-0.39, 0.29) is 23.1 Å². The number of aromatic nitrogens is 2. The van der Waals surface area contributed by atoms with E-state index in [0.29, 0.717) is 5.75 Å². The first-order valence-electron chi connectivity index (χ1n) is 7.48. The van der Waals surface area contributed by atoms with Crippen molar-refractivity contribution in [2.45, 2.75) is 31.7 Å². The first-order chi connectivity index (χ1) is 11.3. The molecule has 128 valence electrons. The maximum absolute atomic E-state index is 12.4. The number of nitrogens with one attached hydrogen (secondary N) is 1. The average molecular weight is 348 g/mol. The fourth-order valence-corrected chi connectivity index (χ4v) is 3.16. The summed E-state index contributed by atoms with van der Waals surface area (Å²) in [6.07, 6.45) is 0. The molecule has 0 spiro atoms. The Hall–Kier alpha value is -2.35. The van der Waals surface area contributed by atoms with Crippen LogP contribution in [0.3, 0.4) is 0 Å². The third kappa shape index (κ3) is 4.14. The van der Waals surface area contributed by atoms with Crippen molar-refractivity contribution in [3.63, 3.8) is 0 Å². The van der Waals surface area contributed by atoms with Gasteiger partial charge in [-0.05, 0) is 32.9 Å². The van der Waals surface area contributed by atoms with Crippen LogP contribution in [0.1, 0.15) is 28.7 Å². The highest BCUT2D eigenvalue weighted by molar-refractivity contribution is 7.99. The summed E-state index contributed by atoms with van der Waals surface area (Å²) in [5.74, 6) is 0.182. The Morgan fingerprint density at radius 1 is 1.38 bits per heavy atom. The molecule has 24 heavy (non-hydrogen) atoms. The number of aryl methyl sites for hydroxylation is 3. The van der Waals surface area contributed by atoms with E-state index in [4.69, 9.17) is 0 Å². The molecule has 0 saturated carbocycles. The number of carbonyl (C=O) groups excluding carboxylic acids is 1. The van der Waals surface area contributed by atoms with E-state index in [0.717, 1.165) is 4.90 Å². The summed E-state index contributed by atoms with van der Waals surface area (Å²) >= 11 is 1.62. The molecule has 2 rings (SSSR count). The van der Waals surface area contributed by atoms with Crippen molar-refractivity contribution < 1.29 is 9.72 Å². The van der Waals surface area contributed by atoms with Gasteiger partial charge in [-0.25, -0.2) is 0 Å². The topological polar surface area (TPSA) is 90.1 Å². The fourth-order valence-electron chi connectivity index (χ4n) is 2.31. The van der Waals surface area contributed by atoms with Crippen molar-refractivity contribution in [2.24, 2.45) is 7.05 Å². The fraction of sp³-hybridized carbons (Fsp3) is 0.375. The minimum atomic E-state index is -0.567. The van der Waals surface area contributed by atoms with Crippen LogP contribution in [0.4, 0.5) is 5.69 Å². The van der Waals surface area contributed by atoms with Gasteiger partial charge in [-0.3, -0.25) is 19.6 Å². The highest BCUT2D eigenvalue weighted by Gasteiger charge is 2.29. The molecule has 0 radical (unpaired) electrons. The molecule has 0 saturated heterocycles. The van der Waals surface area contributed by atoms with Gasteiger partial charge in [0, 0.05) is 23.7 Å². The van der Waals surface area contributed by atoms with E-state index < -0.39 is 10.8 Å². The zero-order valence-corrected chi connectivity index (χ0v) is 14.9. The molecule has 1 aromatic carbocycles. The molecule has 0 aliphatic carbocycles. The van der Waals surface area contributed by atoms with Gasteiger partial charge in [-0.1, -0.05) is 17.7 Å². The second-order valence-corrected chi connectivity index (χ2v) is 6.76. The Bertz CT molecular complexity index is 755. The summed E-state index contributed by atoms with van der Waals surface area (Å²) in [5.41, 5.74) is 1.16. The van der Waals surface area contributed by atoms with Gasteiger partial charge in [0.1, 0.15) is 5.69 Å². The molecule has 2 aromatic rings. The van der Waals surface area contributed by atoms with Gasteiger partial charge >= 0.3 is 5.69 Å². The second-order valence-electron chi connectivity index (χ2n) is 5.66. The molecule has 1 N–H and O–H groups in total. The molecule has 7 nitrogen and oxygen atoms in total. The number of carbonyl (C=O) groups is 1. The lowest BCUT2D eigenvalue weighted by atomic mass is 10.2. The SMILES string of the molecule is Cc1ccc(SC[C@@H](C)NC(=O)c2c([N+](=O)[O-])c(C)nn2C)cc1. The van der Waals surface area contributed by atoms with E-state index >= 15 is 0 Å². The number of thioether (sulfide) groups is 1. The molecular weight excluding hydrogens is 328 g/mol. The molecule has 8 heteroatoms. The van der Waals surface area contributed by atoms with E-state index in [2.05, 4.69) is 10.4 Å². The van der Waals surface area contributed by atoms with Gasteiger partial charge in [0.05, 0.1) is 4.92 Å². The molecule has 0 aliphatic heterocycles. The minimum absolute atomic E-state index is 0.0234. The average Bonchev–Trinajstić information content (AvgIpc) is 2.81. The largest absolute Gasteiger partial charge is 0.347 e. The number of benzene rings is 1. The van der Waals surface area contributed by atoms with E-state index in [9.17, 15) is 14.9 Å². The van der Waals surface area contributed by atoms with E-state index in [1.165, 1.54) is 24.2 Å². The molecule has 1 heterocycles. The van der Waals surface area contributed by atoms with Crippen LogP contribution in [0.15, 0.2) is 29.2 Å². The Labute approximate surface area is 144 Å². The molecule has 1 aromatic heterocycles. The molecule has 0 fully saturated rings. The lowest BCUT2D eigenvalue weighted by Crippen LogP contribution is -2.35. The number of nitrogens with zero attached hydrogens (tertiary/aromatic N) is 3. The highest BCUT2D eigenvalue weighted by Crippen LogP contribution is 2.23. The van der Waals surface area contributed by atoms with E-state index in [1.54, 1.807) is 11.8 Å². The predicted molar refractivity (Wildman–Crippen MR) is 93.4 cm³/mol. The van der Waals surface area contributed by atoms with Crippen molar-refractivity contribution in [2.75, 3.05) is 5.75 Å². The van der Waals surface area contributed by atoms with Gasteiger partial charge < -0.3 is 5.32 Å². The first-order valence-corrected chi connectivity index (χ1v) is 8.46. The Balaban J connectivity index is 2.01. The van der Waals surface area contributed by atoms with Crippen LogP contribution in [0.25, 0.3) is 0 Å². The zero-order chi connectivity index (χ0) is 17.9. The van der Waals surface area contributed by atoms with Crippen LogP contribution in [0, 0.1) is 24.0 Å². The molecule has 0 aliphatic rings.